The van der Waals surface area contributed by atoms with Crippen molar-refractivity contribution in [2.75, 3.05) is 49.6 Å². The number of rotatable bonds is 7. The number of nitrogens with one attached hydrogen (secondary N) is 2. The van der Waals surface area contributed by atoms with Gasteiger partial charge in [-0.25, -0.2) is 9.97 Å². The molecule has 9 heteroatoms. The first-order chi connectivity index (χ1) is 23.9. The molecule has 7 rings (SSSR count). The van der Waals surface area contributed by atoms with E-state index in [1.807, 2.05) is 24.3 Å². The fraction of sp³-hybridized carbons (Fsp3) is 0.400. The van der Waals surface area contributed by atoms with Crippen LogP contribution in [0.25, 0.3) is 11.1 Å². The van der Waals surface area contributed by atoms with Gasteiger partial charge in [-0.2, -0.15) is 4.98 Å². The van der Waals surface area contributed by atoms with Crippen molar-refractivity contribution in [3.05, 3.63) is 89.9 Å². The molecule has 2 saturated carbocycles. The molecule has 2 aromatic carbocycles. The smallest absolute Gasteiger partial charge is 0.229 e. The predicted molar refractivity (Wildman–Crippen MR) is 198 cm³/mol. The van der Waals surface area contributed by atoms with E-state index in [-0.39, 0.29) is 11.8 Å². The van der Waals surface area contributed by atoms with Gasteiger partial charge in [0.05, 0.1) is 0 Å². The Labute approximate surface area is 290 Å². The molecule has 254 valence electrons. The fourth-order valence-corrected chi connectivity index (χ4v) is 6.11. The van der Waals surface area contributed by atoms with Crippen molar-refractivity contribution in [1.29, 1.82) is 0 Å². The molecule has 3 fully saturated rings. The zero-order chi connectivity index (χ0) is 34.0. The third-order valence-electron chi connectivity index (χ3n) is 9.43. The Balaban J connectivity index is 0.000000531. The van der Waals surface area contributed by atoms with E-state index in [2.05, 4.69) is 85.5 Å². The van der Waals surface area contributed by atoms with Crippen LogP contribution >= 0.6 is 0 Å². The number of carbonyl (C=O) groups excluding carboxylic acids is 1. The lowest BCUT2D eigenvalue weighted by molar-refractivity contribution is -0.117. The number of pyridine rings is 1. The van der Waals surface area contributed by atoms with Crippen LogP contribution in [0.15, 0.2) is 73.1 Å². The molecule has 3 heterocycles. The van der Waals surface area contributed by atoms with Gasteiger partial charge in [0.2, 0.25) is 11.9 Å². The molecule has 9 nitrogen and oxygen atoms in total. The van der Waals surface area contributed by atoms with E-state index in [4.69, 9.17) is 5.73 Å². The summed E-state index contributed by atoms with van der Waals surface area (Å²) in [6.45, 7) is 7.73. The van der Waals surface area contributed by atoms with Gasteiger partial charge in [-0.05, 0) is 79.3 Å². The maximum Gasteiger partial charge on any atom is 0.229 e. The quantitative estimate of drug-likeness (QED) is 0.183. The van der Waals surface area contributed by atoms with Crippen molar-refractivity contribution in [1.82, 2.24) is 24.8 Å². The zero-order valence-electron chi connectivity index (χ0n) is 28.8. The molecule has 4 aromatic rings. The molecular formula is C40H48N8O. The molecule has 0 radical (unpaired) electrons. The topological polar surface area (TPSA) is 112 Å². The largest absolute Gasteiger partial charge is 0.383 e. The lowest BCUT2D eigenvalue weighted by atomic mass is 9.91. The molecule has 0 spiro atoms. The summed E-state index contributed by atoms with van der Waals surface area (Å²) in [7, 11) is 2.17. The van der Waals surface area contributed by atoms with Gasteiger partial charge < -0.3 is 21.3 Å². The van der Waals surface area contributed by atoms with Crippen LogP contribution in [0.2, 0.25) is 0 Å². The molecule has 1 aliphatic heterocycles. The van der Waals surface area contributed by atoms with E-state index < -0.39 is 0 Å². The number of nitrogens with zero attached hydrogens (tertiary/aromatic N) is 5. The summed E-state index contributed by atoms with van der Waals surface area (Å²) >= 11 is 0. The summed E-state index contributed by atoms with van der Waals surface area (Å²) in [6, 6.07) is 19.7. The monoisotopic (exact) mass is 656 g/mol. The zero-order valence-corrected chi connectivity index (χ0v) is 28.8. The van der Waals surface area contributed by atoms with Crippen LogP contribution < -0.4 is 16.4 Å². The first-order valence-electron chi connectivity index (χ1n) is 17.7. The highest BCUT2D eigenvalue weighted by molar-refractivity contribution is 5.94. The second kappa shape index (κ2) is 16.6. The number of likely N-dealkylation sites (N-methyl/N-ethyl adjacent to an activating group) is 1. The minimum atomic E-state index is 0.0643. The molecule has 0 unspecified atom stereocenters. The number of benzene rings is 2. The van der Waals surface area contributed by atoms with E-state index in [1.54, 1.807) is 24.5 Å². The Morgan fingerprint density at radius 1 is 0.878 bits per heavy atom. The molecule has 2 aromatic heterocycles. The van der Waals surface area contributed by atoms with Gasteiger partial charge in [0.25, 0.3) is 0 Å². The van der Waals surface area contributed by atoms with Crippen LogP contribution in [0.4, 0.5) is 23.1 Å². The lowest BCUT2D eigenvalue weighted by Gasteiger charge is -2.32. The van der Waals surface area contributed by atoms with Crippen molar-refractivity contribution < 1.29 is 4.79 Å². The van der Waals surface area contributed by atoms with E-state index in [0.717, 1.165) is 73.9 Å². The summed E-state index contributed by atoms with van der Waals surface area (Å²) < 4.78 is 0. The number of amides is 1. The normalized spacial score (nSPS) is 16.9. The maximum atomic E-state index is 12.0. The van der Waals surface area contributed by atoms with Gasteiger partial charge in [0.1, 0.15) is 11.5 Å². The minimum Gasteiger partial charge on any atom is -0.383 e. The highest BCUT2D eigenvalue weighted by Gasteiger charge is 2.29. The number of carbonyl (C=O) groups is 1. The molecule has 49 heavy (non-hydrogen) atoms. The van der Waals surface area contributed by atoms with E-state index in [1.165, 1.54) is 37.7 Å². The Morgan fingerprint density at radius 2 is 1.61 bits per heavy atom. The van der Waals surface area contributed by atoms with Crippen LogP contribution in [-0.2, 0) is 11.3 Å². The molecule has 0 bridgehead atoms. The van der Waals surface area contributed by atoms with E-state index in [9.17, 15) is 4.79 Å². The third kappa shape index (κ3) is 10.4. The van der Waals surface area contributed by atoms with E-state index in [0.29, 0.717) is 23.1 Å². The second-order valence-corrected chi connectivity index (χ2v) is 13.7. The third-order valence-corrected chi connectivity index (χ3v) is 9.43. The Bertz CT molecular complexity index is 1740. The number of hydrogen-bond donors (Lipinski definition) is 3. The number of nitrogens with two attached hydrogens (primary N) is 1. The van der Waals surface area contributed by atoms with Crippen molar-refractivity contribution in [3.8, 4) is 23.0 Å². The standard InChI is InChI=1S/C33H34N8O.C7H14/c1-40-16-18-41(19-17-40)22-24-2-7-25(8-3-24)30-21-36-33(39-31(30)34)38-27-11-4-23(5-12-27)6-13-28-20-29(14-15-35-28)37-32(42)26-9-10-26;1-7-5-3-2-4-6-7/h2-5,7-8,11-12,14-15,20-21,26H,9-10,16-19,22H2,1H3,(H,35,37,42)(H3,34,36,38,39);7H,2-6H2,1H3. The predicted octanol–water partition coefficient (Wildman–Crippen LogP) is 6.95. The highest BCUT2D eigenvalue weighted by atomic mass is 16.2. The average Bonchev–Trinajstić information content (AvgIpc) is 3.97. The van der Waals surface area contributed by atoms with Crippen LogP contribution in [0, 0.1) is 23.7 Å². The van der Waals surface area contributed by atoms with Gasteiger partial charge in [-0.1, -0.05) is 69.2 Å². The molecule has 4 N–H and O–H groups in total. The maximum absolute atomic E-state index is 12.0. The summed E-state index contributed by atoms with van der Waals surface area (Å²) in [6.07, 6.45) is 12.8. The van der Waals surface area contributed by atoms with Crippen molar-refractivity contribution in [2.24, 2.45) is 11.8 Å². The van der Waals surface area contributed by atoms with Crippen LogP contribution in [0.5, 0.6) is 0 Å². The van der Waals surface area contributed by atoms with Gasteiger partial charge in [-0.3, -0.25) is 9.69 Å². The van der Waals surface area contributed by atoms with Gasteiger partial charge in [0.15, 0.2) is 0 Å². The van der Waals surface area contributed by atoms with Gasteiger partial charge in [0, 0.05) is 73.5 Å². The summed E-state index contributed by atoms with van der Waals surface area (Å²) in [5.74, 6) is 8.28. The van der Waals surface area contributed by atoms with E-state index >= 15 is 0 Å². The van der Waals surface area contributed by atoms with Crippen LogP contribution in [0.1, 0.15) is 68.7 Å². The van der Waals surface area contributed by atoms with Crippen LogP contribution in [0.3, 0.4) is 0 Å². The van der Waals surface area contributed by atoms with Gasteiger partial charge in [-0.15, -0.1) is 0 Å². The number of aromatic nitrogens is 3. The van der Waals surface area contributed by atoms with Crippen molar-refractivity contribution in [2.45, 2.75) is 58.4 Å². The molecular weight excluding hydrogens is 608 g/mol. The van der Waals surface area contributed by atoms with Crippen LogP contribution in [-0.4, -0.2) is 63.9 Å². The van der Waals surface area contributed by atoms with Gasteiger partial charge >= 0.3 is 0 Å². The SMILES string of the molecule is CC1CCCCC1.CN1CCN(Cc2ccc(-c3cnc(Nc4ccc(C#Cc5cc(NC(=O)C6CC6)ccn5)cc4)nc3N)cc2)CC1. The number of piperazine rings is 1. The second-order valence-electron chi connectivity index (χ2n) is 13.7. The number of hydrogen-bond acceptors (Lipinski definition) is 8. The molecule has 0 atom stereocenters. The lowest BCUT2D eigenvalue weighted by Crippen LogP contribution is -2.43. The highest BCUT2D eigenvalue weighted by Crippen LogP contribution is 2.30. The number of anilines is 4. The Morgan fingerprint density at radius 3 is 2.27 bits per heavy atom. The summed E-state index contributed by atoms with van der Waals surface area (Å²) in [5.41, 5.74) is 12.4. The fourth-order valence-electron chi connectivity index (χ4n) is 6.11. The Kier molecular flexibility index (Phi) is 11.5. The summed E-state index contributed by atoms with van der Waals surface area (Å²) in [5, 5.41) is 6.14. The average molecular weight is 657 g/mol. The number of nitrogen functional groups attached to an aromatic ring is 1. The minimum absolute atomic E-state index is 0.0643. The molecule has 1 saturated heterocycles. The molecule has 2 aliphatic carbocycles. The summed E-state index contributed by atoms with van der Waals surface area (Å²) in [4.78, 5) is 30.1. The first-order valence-corrected chi connectivity index (χ1v) is 17.7. The first kappa shape index (κ1) is 34.1. The molecule has 3 aliphatic rings. The van der Waals surface area contributed by atoms with Crippen molar-refractivity contribution in [3.63, 3.8) is 0 Å². The Hall–Kier alpha value is -4.78. The van der Waals surface area contributed by atoms with Crippen molar-refractivity contribution >= 4 is 29.0 Å². The molecule has 1 amide bonds.